The van der Waals surface area contributed by atoms with Crippen molar-refractivity contribution in [2.24, 2.45) is 0 Å². The van der Waals surface area contributed by atoms with Crippen molar-refractivity contribution in [1.29, 1.82) is 0 Å². The average molecular weight is 314 g/mol. The summed E-state index contributed by atoms with van der Waals surface area (Å²) in [5.74, 6) is 0. The second-order valence-corrected chi connectivity index (χ2v) is 13.5. The van der Waals surface area contributed by atoms with Crippen molar-refractivity contribution < 1.29 is 4.12 Å². The summed E-state index contributed by atoms with van der Waals surface area (Å²) in [5, 5.41) is 2.78. The Morgan fingerprint density at radius 1 is 0.857 bits per heavy atom. The van der Waals surface area contributed by atoms with Crippen molar-refractivity contribution >= 4 is 27.7 Å². The first-order chi connectivity index (χ1) is 9.78. The average Bonchev–Trinajstić information content (AvgIpc) is 2.36. The molecule has 0 atom stereocenters. The molecule has 0 fully saturated rings. The molecule has 0 amide bonds. The van der Waals surface area contributed by atoms with Gasteiger partial charge in [0.15, 0.2) is 0 Å². The van der Waals surface area contributed by atoms with E-state index in [2.05, 4.69) is 82.9 Å². The van der Waals surface area contributed by atoms with Gasteiger partial charge in [-0.25, -0.2) is 0 Å². The molecule has 0 N–H and O–H groups in total. The fourth-order valence-corrected chi connectivity index (χ4v) is 7.66. The Morgan fingerprint density at radius 2 is 1.38 bits per heavy atom. The minimum absolute atomic E-state index is 1.17. The van der Waals surface area contributed by atoms with Crippen LogP contribution in [-0.4, -0.2) is 17.4 Å². The van der Waals surface area contributed by atoms with E-state index in [4.69, 9.17) is 4.12 Å². The third kappa shape index (κ3) is 4.16. The van der Waals surface area contributed by atoms with Gasteiger partial charge in [0, 0.05) is 0 Å². The summed E-state index contributed by atoms with van der Waals surface area (Å²) >= 11 is 0. The van der Waals surface area contributed by atoms with Crippen LogP contribution in [0.3, 0.4) is 0 Å². The minimum Gasteiger partial charge on any atom is -0.602 e. The second kappa shape index (κ2) is 6.30. The third-order valence-electron chi connectivity index (χ3n) is 3.35. The lowest BCUT2D eigenvalue weighted by Gasteiger charge is -2.42. The van der Waals surface area contributed by atoms with Crippen LogP contribution in [0.15, 0.2) is 42.5 Å². The maximum atomic E-state index is 6.65. The highest BCUT2D eigenvalue weighted by Crippen LogP contribution is 2.12. The number of hydrogen-bond acceptors (Lipinski definition) is 1. The lowest BCUT2D eigenvalue weighted by Crippen LogP contribution is -2.52. The molecule has 0 saturated heterocycles. The molecular formula is C18H25OSi2-. The molecule has 1 nitrogen and oxygen atoms in total. The fourth-order valence-electron chi connectivity index (χ4n) is 2.69. The number of benzene rings is 2. The fraction of sp³-hybridized carbons (Fsp3) is 0.333. The van der Waals surface area contributed by atoms with Gasteiger partial charge >= 0.3 is 0 Å². The van der Waals surface area contributed by atoms with Crippen molar-refractivity contribution in [2.45, 2.75) is 40.4 Å². The molecular weight excluding hydrogens is 288 g/mol. The van der Waals surface area contributed by atoms with Gasteiger partial charge < -0.3 is 4.12 Å². The Kier molecular flexibility index (Phi) is 4.86. The van der Waals surface area contributed by atoms with Gasteiger partial charge in [-0.15, -0.1) is 9.04 Å². The number of hydrogen-bond donors (Lipinski definition) is 0. The zero-order chi connectivity index (χ0) is 15.6. The van der Waals surface area contributed by atoms with Gasteiger partial charge in [-0.1, -0.05) is 59.2 Å². The molecule has 21 heavy (non-hydrogen) atoms. The molecule has 0 aromatic heterocycles. The van der Waals surface area contributed by atoms with Crippen LogP contribution in [-0.2, 0) is 4.12 Å². The summed E-state index contributed by atoms with van der Waals surface area (Å²) in [6.07, 6.45) is 0. The van der Waals surface area contributed by atoms with Crippen LogP contribution < -0.4 is 10.4 Å². The van der Waals surface area contributed by atoms with E-state index in [1.165, 1.54) is 27.1 Å². The van der Waals surface area contributed by atoms with Gasteiger partial charge in [-0.05, 0) is 40.4 Å². The maximum Gasteiger partial charge on any atom is 0.143 e. The molecule has 0 saturated carbocycles. The summed E-state index contributed by atoms with van der Waals surface area (Å²) < 4.78 is 6.65. The van der Waals surface area contributed by atoms with E-state index in [1.807, 2.05) is 0 Å². The molecule has 0 aliphatic rings. The van der Waals surface area contributed by atoms with Crippen molar-refractivity contribution in [1.82, 2.24) is 0 Å². The SMILES string of the molecule is Cc1cc(C)c([Si-](O[Si](C)(C)C)c2ccccc2)c(C)c1. The van der Waals surface area contributed by atoms with Gasteiger partial charge in [0.1, 0.15) is 8.32 Å². The predicted molar refractivity (Wildman–Crippen MR) is 96.5 cm³/mol. The quantitative estimate of drug-likeness (QED) is 0.784. The molecule has 0 heterocycles. The Labute approximate surface area is 131 Å². The van der Waals surface area contributed by atoms with E-state index < -0.39 is 17.4 Å². The Morgan fingerprint density at radius 3 is 1.86 bits per heavy atom. The minimum atomic E-state index is -1.60. The molecule has 0 spiro atoms. The molecule has 112 valence electrons. The first-order valence-electron chi connectivity index (χ1n) is 7.47. The molecule has 0 aliphatic heterocycles. The summed E-state index contributed by atoms with van der Waals surface area (Å²) in [7, 11) is -2.77. The topological polar surface area (TPSA) is 9.23 Å². The second-order valence-electron chi connectivity index (χ2n) is 6.68. The summed E-state index contributed by atoms with van der Waals surface area (Å²) in [6, 6.07) is 15.3. The van der Waals surface area contributed by atoms with Crippen LogP contribution in [0.5, 0.6) is 0 Å². The predicted octanol–water partition coefficient (Wildman–Crippen LogP) is 3.57. The van der Waals surface area contributed by atoms with Crippen molar-refractivity contribution in [3.63, 3.8) is 0 Å². The van der Waals surface area contributed by atoms with Crippen LogP contribution in [0.4, 0.5) is 0 Å². The van der Waals surface area contributed by atoms with E-state index in [1.54, 1.807) is 0 Å². The first kappa shape index (κ1) is 16.2. The van der Waals surface area contributed by atoms with E-state index in [0.717, 1.165) is 0 Å². The highest BCUT2D eigenvalue weighted by Gasteiger charge is 2.16. The zero-order valence-corrected chi connectivity index (χ0v) is 15.9. The van der Waals surface area contributed by atoms with E-state index >= 15 is 0 Å². The van der Waals surface area contributed by atoms with Gasteiger partial charge in [0.05, 0.1) is 0 Å². The van der Waals surface area contributed by atoms with Gasteiger partial charge in [0.25, 0.3) is 0 Å². The lowest BCUT2D eigenvalue weighted by atomic mass is 10.1. The number of aryl methyl sites for hydroxylation is 3. The van der Waals surface area contributed by atoms with E-state index in [9.17, 15) is 0 Å². The summed E-state index contributed by atoms with van der Waals surface area (Å²) in [4.78, 5) is 0. The van der Waals surface area contributed by atoms with Crippen LogP contribution in [0, 0.1) is 20.8 Å². The standard InChI is InChI=1S/C18H25OSi2/c1-14-12-15(2)18(16(3)13-14)20(19-21(4,5)6)17-10-8-7-9-11-17/h7-13H,1-6H3/q-1. The molecule has 3 heteroatoms. The Bertz CT molecular complexity index is 592. The Balaban J connectivity index is 2.56. The van der Waals surface area contributed by atoms with Crippen LogP contribution >= 0.6 is 0 Å². The third-order valence-corrected chi connectivity index (χ3v) is 8.71. The van der Waals surface area contributed by atoms with Gasteiger partial charge in [0.2, 0.25) is 0 Å². The normalized spacial score (nSPS) is 11.5. The molecule has 0 aliphatic carbocycles. The lowest BCUT2D eigenvalue weighted by molar-refractivity contribution is 0.594. The van der Waals surface area contributed by atoms with Crippen molar-refractivity contribution in [2.75, 3.05) is 0 Å². The van der Waals surface area contributed by atoms with Crippen LogP contribution in [0.25, 0.3) is 0 Å². The summed E-state index contributed by atoms with van der Waals surface area (Å²) in [5.41, 5.74) is 4.06. The molecule has 0 radical (unpaired) electrons. The molecule has 0 unspecified atom stereocenters. The highest BCUT2D eigenvalue weighted by molar-refractivity contribution is 6.89. The van der Waals surface area contributed by atoms with Crippen molar-refractivity contribution in [3.05, 3.63) is 59.2 Å². The molecule has 0 bridgehead atoms. The Hall–Kier alpha value is -1.17. The van der Waals surface area contributed by atoms with Gasteiger partial charge in [-0.3, -0.25) is 0 Å². The van der Waals surface area contributed by atoms with Crippen LogP contribution in [0.2, 0.25) is 19.6 Å². The van der Waals surface area contributed by atoms with Crippen LogP contribution in [0.1, 0.15) is 16.7 Å². The van der Waals surface area contributed by atoms with E-state index in [-0.39, 0.29) is 0 Å². The smallest absolute Gasteiger partial charge is 0.143 e. The largest absolute Gasteiger partial charge is 0.602 e. The van der Waals surface area contributed by atoms with E-state index in [0.29, 0.717) is 0 Å². The highest BCUT2D eigenvalue weighted by atomic mass is 28.4. The molecule has 2 aromatic rings. The monoisotopic (exact) mass is 313 g/mol. The molecule has 2 aromatic carbocycles. The van der Waals surface area contributed by atoms with Crippen molar-refractivity contribution in [3.8, 4) is 0 Å². The zero-order valence-electron chi connectivity index (χ0n) is 13.9. The molecule has 2 rings (SSSR count). The summed E-state index contributed by atoms with van der Waals surface area (Å²) in [6.45, 7) is 13.4. The first-order valence-corrected chi connectivity index (χ1v) is 12.3. The maximum absolute atomic E-state index is 6.65. The van der Waals surface area contributed by atoms with Gasteiger partial charge in [-0.2, -0.15) is 10.4 Å². The number of rotatable bonds is 4.